The van der Waals surface area contributed by atoms with Gasteiger partial charge in [0.2, 0.25) is 12.4 Å². The zero-order valence-corrected chi connectivity index (χ0v) is 8.55. The molecule has 74 valence electrons. The van der Waals surface area contributed by atoms with Gasteiger partial charge in [-0.05, 0) is 11.8 Å². The summed E-state index contributed by atoms with van der Waals surface area (Å²) < 4.78 is 13.3. The van der Waals surface area contributed by atoms with Gasteiger partial charge in [0.15, 0.2) is 0 Å². The molecule has 0 amide bonds. The summed E-state index contributed by atoms with van der Waals surface area (Å²) in [6, 6.07) is 7.00. The van der Waals surface area contributed by atoms with Gasteiger partial charge in [0.25, 0.3) is 0 Å². The molecule has 0 radical (unpaired) electrons. The molecule has 2 nitrogen and oxygen atoms in total. The highest BCUT2D eigenvalue weighted by Gasteiger charge is 2.11. The molecule has 1 rings (SSSR count). The minimum absolute atomic E-state index is 0.433. The minimum Gasteiger partial charge on any atom is -0.215 e. The topological polar surface area (TPSA) is 29.4 Å². The molecule has 0 aliphatic carbocycles. The first-order valence-electron chi connectivity index (χ1n) is 4.22. The van der Waals surface area contributed by atoms with E-state index < -0.39 is 6.30 Å². The van der Waals surface area contributed by atoms with Gasteiger partial charge in [-0.3, -0.25) is 0 Å². The van der Waals surface area contributed by atoms with Crippen molar-refractivity contribution in [1.82, 2.24) is 0 Å². The number of carbonyl (C=O) groups excluding carboxylic acids is 1. The number of nitrogens with zero attached hydrogens (tertiary/aromatic N) is 1. The number of alkyl halides is 1. The van der Waals surface area contributed by atoms with Gasteiger partial charge in [-0.1, -0.05) is 25.1 Å². The lowest BCUT2D eigenvalue weighted by molar-refractivity contribution is 0.352. The van der Waals surface area contributed by atoms with E-state index in [1.54, 1.807) is 12.1 Å². The predicted octanol–water partition coefficient (Wildman–Crippen LogP) is 3.10. The third kappa shape index (κ3) is 2.69. The van der Waals surface area contributed by atoms with Crippen LogP contribution >= 0.6 is 11.8 Å². The van der Waals surface area contributed by atoms with Gasteiger partial charge >= 0.3 is 0 Å². The molecule has 0 spiro atoms. The lowest BCUT2D eigenvalue weighted by atomic mass is 10.2. The van der Waals surface area contributed by atoms with Crippen LogP contribution in [0.1, 0.15) is 18.8 Å². The second-order valence-electron chi connectivity index (χ2n) is 2.53. The molecule has 0 aromatic heterocycles. The Morgan fingerprint density at radius 1 is 1.57 bits per heavy atom. The molecule has 0 aliphatic heterocycles. The maximum Gasteiger partial charge on any atom is 0.238 e. The Hall–Kier alpha value is -1.12. The number of rotatable bonds is 4. The normalized spacial score (nSPS) is 11.9. The van der Waals surface area contributed by atoms with Crippen LogP contribution in [-0.2, 0) is 4.79 Å². The van der Waals surface area contributed by atoms with Crippen molar-refractivity contribution in [3.63, 3.8) is 0 Å². The lowest BCUT2D eigenvalue weighted by Gasteiger charge is -2.07. The van der Waals surface area contributed by atoms with Crippen LogP contribution in [0.5, 0.6) is 0 Å². The third-order valence-corrected chi connectivity index (χ3v) is 2.61. The quantitative estimate of drug-likeness (QED) is 0.331. The van der Waals surface area contributed by atoms with E-state index in [2.05, 4.69) is 4.99 Å². The summed E-state index contributed by atoms with van der Waals surface area (Å²) in [6.45, 7) is 1.98. The monoisotopic (exact) mass is 211 g/mol. The molecule has 14 heavy (non-hydrogen) atoms. The largest absolute Gasteiger partial charge is 0.238 e. The van der Waals surface area contributed by atoms with Crippen LogP contribution in [0, 0.1) is 0 Å². The molecular weight excluding hydrogens is 201 g/mol. The van der Waals surface area contributed by atoms with Gasteiger partial charge < -0.3 is 0 Å². The standard InChI is InChI=1S/C10H10FNOS/c1-2-14-9-6-4-3-5-8(9)10(11)12-7-13/h3-6,10H,2H2,1H3. The van der Waals surface area contributed by atoms with Crippen LogP contribution in [0.2, 0.25) is 0 Å². The molecular formula is C10H10FNOS. The second-order valence-corrected chi connectivity index (χ2v) is 3.83. The fourth-order valence-electron chi connectivity index (χ4n) is 1.08. The number of benzene rings is 1. The Morgan fingerprint density at radius 3 is 2.93 bits per heavy atom. The Bertz CT molecular complexity index is 350. The number of halogens is 1. The van der Waals surface area contributed by atoms with Gasteiger partial charge in [-0.15, -0.1) is 11.8 Å². The molecule has 0 N–H and O–H groups in total. The zero-order valence-electron chi connectivity index (χ0n) is 7.74. The van der Waals surface area contributed by atoms with Crippen LogP contribution in [0.3, 0.4) is 0 Å². The number of aliphatic imine (C=N–C) groups is 1. The summed E-state index contributed by atoms with van der Waals surface area (Å²) in [7, 11) is 0. The molecule has 1 unspecified atom stereocenters. The lowest BCUT2D eigenvalue weighted by Crippen LogP contribution is -1.90. The van der Waals surface area contributed by atoms with Crippen molar-refractivity contribution in [2.45, 2.75) is 18.1 Å². The highest BCUT2D eigenvalue weighted by atomic mass is 32.2. The second kappa shape index (κ2) is 5.58. The van der Waals surface area contributed by atoms with E-state index in [1.165, 1.54) is 17.8 Å². The van der Waals surface area contributed by atoms with Crippen molar-refractivity contribution in [2.75, 3.05) is 5.75 Å². The van der Waals surface area contributed by atoms with Crippen LogP contribution < -0.4 is 0 Å². The van der Waals surface area contributed by atoms with Crippen LogP contribution in [0.4, 0.5) is 4.39 Å². The molecule has 0 saturated carbocycles. The molecule has 0 bridgehead atoms. The van der Waals surface area contributed by atoms with E-state index >= 15 is 0 Å². The predicted molar refractivity (Wildman–Crippen MR) is 54.8 cm³/mol. The van der Waals surface area contributed by atoms with Gasteiger partial charge in [-0.2, -0.15) is 4.99 Å². The minimum atomic E-state index is -1.59. The fourth-order valence-corrected chi connectivity index (χ4v) is 1.90. The summed E-state index contributed by atoms with van der Waals surface area (Å²) >= 11 is 1.53. The zero-order chi connectivity index (χ0) is 10.4. The first-order chi connectivity index (χ1) is 6.79. The summed E-state index contributed by atoms with van der Waals surface area (Å²) in [5.41, 5.74) is 0.433. The van der Waals surface area contributed by atoms with E-state index in [0.717, 1.165) is 10.6 Å². The van der Waals surface area contributed by atoms with E-state index in [4.69, 9.17) is 0 Å². The number of hydrogen-bond donors (Lipinski definition) is 0. The highest BCUT2D eigenvalue weighted by Crippen LogP contribution is 2.29. The van der Waals surface area contributed by atoms with Crippen molar-refractivity contribution in [1.29, 1.82) is 0 Å². The summed E-state index contributed by atoms with van der Waals surface area (Å²) in [6.07, 6.45) is -0.369. The van der Waals surface area contributed by atoms with Crippen LogP contribution in [0.25, 0.3) is 0 Å². The fraction of sp³-hybridized carbons (Fsp3) is 0.300. The maximum absolute atomic E-state index is 13.3. The third-order valence-electron chi connectivity index (χ3n) is 1.64. The highest BCUT2D eigenvalue weighted by molar-refractivity contribution is 7.99. The molecule has 1 atom stereocenters. The van der Waals surface area contributed by atoms with Crippen molar-refractivity contribution in [3.8, 4) is 0 Å². The Morgan fingerprint density at radius 2 is 2.29 bits per heavy atom. The molecule has 0 saturated heterocycles. The molecule has 0 heterocycles. The molecule has 4 heteroatoms. The van der Waals surface area contributed by atoms with Crippen LogP contribution in [-0.4, -0.2) is 11.8 Å². The summed E-state index contributed by atoms with van der Waals surface area (Å²) in [4.78, 5) is 13.8. The number of thioether (sulfide) groups is 1. The Balaban J connectivity index is 2.99. The van der Waals surface area contributed by atoms with Crippen molar-refractivity contribution in [2.24, 2.45) is 4.99 Å². The molecule has 1 aromatic rings. The van der Waals surface area contributed by atoms with Gasteiger partial charge in [0.05, 0.1) is 0 Å². The summed E-state index contributed by atoms with van der Waals surface area (Å²) in [5, 5.41) is 0. The smallest absolute Gasteiger partial charge is 0.215 e. The van der Waals surface area contributed by atoms with Gasteiger partial charge in [0.1, 0.15) is 0 Å². The SMILES string of the molecule is CCSc1ccccc1C(F)N=C=O. The first-order valence-corrected chi connectivity index (χ1v) is 5.21. The maximum atomic E-state index is 13.3. The van der Waals surface area contributed by atoms with E-state index in [-0.39, 0.29) is 0 Å². The van der Waals surface area contributed by atoms with E-state index in [1.807, 2.05) is 19.1 Å². The first kappa shape index (κ1) is 11.0. The summed E-state index contributed by atoms with van der Waals surface area (Å²) in [5.74, 6) is 0.856. The van der Waals surface area contributed by atoms with Gasteiger partial charge in [0, 0.05) is 10.5 Å². The molecule has 1 aromatic carbocycles. The average molecular weight is 211 g/mol. The molecule has 0 aliphatic rings. The van der Waals surface area contributed by atoms with Crippen molar-refractivity contribution in [3.05, 3.63) is 29.8 Å². The van der Waals surface area contributed by atoms with E-state index in [0.29, 0.717) is 5.56 Å². The van der Waals surface area contributed by atoms with E-state index in [9.17, 15) is 9.18 Å². The van der Waals surface area contributed by atoms with Crippen LogP contribution in [0.15, 0.2) is 34.2 Å². The van der Waals surface area contributed by atoms with Crippen molar-refractivity contribution < 1.29 is 9.18 Å². The average Bonchev–Trinajstić information content (AvgIpc) is 2.19. The van der Waals surface area contributed by atoms with Gasteiger partial charge in [-0.25, -0.2) is 9.18 Å². The Kier molecular flexibility index (Phi) is 4.36. The van der Waals surface area contributed by atoms with Crippen molar-refractivity contribution >= 4 is 17.8 Å². The number of hydrogen-bond acceptors (Lipinski definition) is 3. The molecule has 0 fully saturated rings. The number of isocyanates is 1. The Labute approximate surface area is 86.2 Å².